The summed E-state index contributed by atoms with van der Waals surface area (Å²) in [7, 11) is 3.04. The highest BCUT2D eigenvalue weighted by atomic mass is 16.2. The van der Waals surface area contributed by atoms with Crippen molar-refractivity contribution in [2.24, 2.45) is 0 Å². The molecule has 0 fully saturated rings. The number of urea groups is 1. The van der Waals surface area contributed by atoms with E-state index in [2.05, 4.69) is 9.97 Å². The van der Waals surface area contributed by atoms with Crippen molar-refractivity contribution in [3.63, 3.8) is 0 Å². The number of aromatic amines is 1. The Bertz CT molecular complexity index is 545. The first-order chi connectivity index (χ1) is 8.61. The predicted molar refractivity (Wildman–Crippen MR) is 66.8 cm³/mol. The second-order valence-electron chi connectivity index (χ2n) is 4.06. The Morgan fingerprint density at radius 3 is 2.78 bits per heavy atom. The molecule has 3 amide bonds. The normalized spacial score (nSPS) is 10.3. The molecule has 0 radical (unpaired) electrons. The Morgan fingerprint density at radius 1 is 1.39 bits per heavy atom. The quantitative estimate of drug-likeness (QED) is 0.827. The number of fused-ring (bicyclic) bond motifs is 1. The van der Waals surface area contributed by atoms with Gasteiger partial charge in [-0.05, 0) is 12.1 Å². The van der Waals surface area contributed by atoms with Crippen molar-refractivity contribution in [2.75, 3.05) is 14.1 Å². The third-order valence-corrected chi connectivity index (χ3v) is 2.61. The summed E-state index contributed by atoms with van der Waals surface area (Å²) in [5.41, 5.74) is 1.79. The molecule has 1 aromatic carbocycles. The molecule has 1 N–H and O–H groups in total. The van der Waals surface area contributed by atoms with Gasteiger partial charge in [0.2, 0.25) is 6.41 Å². The minimum absolute atomic E-state index is 0.325. The van der Waals surface area contributed by atoms with Crippen molar-refractivity contribution in [3.8, 4) is 0 Å². The van der Waals surface area contributed by atoms with Crippen molar-refractivity contribution in [1.82, 2.24) is 19.8 Å². The summed E-state index contributed by atoms with van der Waals surface area (Å²) < 4.78 is 0. The smallest absolute Gasteiger partial charge is 0.326 e. The van der Waals surface area contributed by atoms with E-state index in [1.165, 1.54) is 11.9 Å². The zero-order valence-corrected chi connectivity index (χ0v) is 10.3. The van der Waals surface area contributed by atoms with Gasteiger partial charge in [0.15, 0.2) is 0 Å². The standard InChI is InChI=1S/C12H14N4O2/c1-15(12(18)16(2)8-17)7-11-13-9-5-3-4-6-10(9)14-11/h3-6,8H,7H2,1-2H3,(H,13,14). The number of hydrogen-bond acceptors (Lipinski definition) is 3. The van der Waals surface area contributed by atoms with Gasteiger partial charge in [-0.2, -0.15) is 0 Å². The van der Waals surface area contributed by atoms with E-state index in [0.717, 1.165) is 15.9 Å². The van der Waals surface area contributed by atoms with Gasteiger partial charge < -0.3 is 9.88 Å². The Kier molecular flexibility index (Phi) is 3.27. The van der Waals surface area contributed by atoms with Gasteiger partial charge in [0.25, 0.3) is 0 Å². The van der Waals surface area contributed by atoms with E-state index in [0.29, 0.717) is 18.8 Å². The molecule has 2 aromatic rings. The van der Waals surface area contributed by atoms with E-state index in [-0.39, 0.29) is 6.03 Å². The molecular weight excluding hydrogens is 232 g/mol. The number of carbonyl (C=O) groups is 2. The van der Waals surface area contributed by atoms with Crippen molar-refractivity contribution >= 4 is 23.5 Å². The van der Waals surface area contributed by atoms with Crippen molar-refractivity contribution in [3.05, 3.63) is 30.1 Å². The largest absolute Gasteiger partial charge is 0.340 e. The minimum atomic E-state index is -0.370. The summed E-state index contributed by atoms with van der Waals surface area (Å²) in [6.45, 7) is 0.325. The number of imide groups is 1. The van der Waals surface area contributed by atoms with E-state index < -0.39 is 0 Å². The molecule has 0 atom stereocenters. The Morgan fingerprint density at radius 2 is 2.11 bits per heavy atom. The van der Waals surface area contributed by atoms with Crippen LogP contribution in [0.1, 0.15) is 5.82 Å². The number of amides is 3. The number of H-pyrrole nitrogens is 1. The minimum Gasteiger partial charge on any atom is -0.340 e. The molecule has 0 saturated heterocycles. The number of benzene rings is 1. The Labute approximate surface area is 104 Å². The van der Waals surface area contributed by atoms with E-state index in [4.69, 9.17) is 0 Å². The van der Waals surface area contributed by atoms with Crippen LogP contribution in [0.25, 0.3) is 11.0 Å². The lowest BCUT2D eigenvalue weighted by atomic mass is 10.3. The maximum Gasteiger partial charge on any atom is 0.326 e. The highest BCUT2D eigenvalue weighted by molar-refractivity contribution is 5.84. The fourth-order valence-electron chi connectivity index (χ4n) is 1.69. The highest BCUT2D eigenvalue weighted by Gasteiger charge is 2.15. The second-order valence-corrected chi connectivity index (χ2v) is 4.06. The Hall–Kier alpha value is -2.37. The summed E-state index contributed by atoms with van der Waals surface area (Å²) in [5, 5.41) is 0. The summed E-state index contributed by atoms with van der Waals surface area (Å²) >= 11 is 0. The van der Waals surface area contributed by atoms with Crippen LogP contribution in [0.15, 0.2) is 24.3 Å². The zero-order valence-electron chi connectivity index (χ0n) is 10.3. The molecule has 1 aromatic heterocycles. The fraction of sp³-hybridized carbons (Fsp3) is 0.250. The number of hydrogen-bond donors (Lipinski definition) is 1. The van der Waals surface area contributed by atoms with Gasteiger partial charge in [0.05, 0.1) is 17.6 Å². The van der Waals surface area contributed by atoms with E-state index >= 15 is 0 Å². The van der Waals surface area contributed by atoms with Gasteiger partial charge in [0.1, 0.15) is 5.82 Å². The van der Waals surface area contributed by atoms with Crippen LogP contribution in [0, 0.1) is 0 Å². The molecular formula is C12H14N4O2. The number of carbonyl (C=O) groups excluding carboxylic acids is 2. The first kappa shape index (κ1) is 12.1. The lowest BCUT2D eigenvalue weighted by molar-refractivity contribution is -0.115. The van der Waals surface area contributed by atoms with Crippen LogP contribution in [0.5, 0.6) is 0 Å². The number of aromatic nitrogens is 2. The van der Waals surface area contributed by atoms with Gasteiger partial charge in [-0.1, -0.05) is 12.1 Å². The van der Waals surface area contributed by atoms with Crippen LogP contribution in [0.3, 0.4) is 0 Å². The maximum absolute atomic E-state index is 11.7. The van der Waals surface area contributed by atoms with Crippen LogP contribution < -0.4 is 0 Å². The lowest BCUT2D eigenvalue weighted by Gasteiger charge is -2.19. The Balaban J connectivity index is 2.13. The molecule has 0 aliphatic heterocycles. The van der Waals surface area contributed by atoms with Crippen molar-refractivity contribution < 1.29 is 9.59 Å². The van der Waals surface area contributed by atoms with E-state index in [1.807, 2.05) is 24.3 Å². The molecule has 2 rings (SSSR count). The van der Waals surface area contributed by atoms with Crippen LogP contribution in [0.2, 0.25) is 0 Å². The van der Waals surface area contributed by atoms with Crippen molar-refractivity contribution in [2.45, 2.75) is 6.54 Å². The van der Waals surface area contributed by atoms with Gasteiger partial charge in [0, 0.05) is 14.1 Å². The molecule has 6 heteroatoms. The van der Waals surface area contributed by atoms with Crippen LogP contribution in [-0.2, 0) is 11.3 Å². The second kappa shape index (κ2) is 4.87. The fourth-order valence-corrected chi connectivity index (χ4v) is 1.69. The van der Waals surface area contributed by atoms with Gasteiger partial charge in [-0.15, -0.1) is 0 Å². The van der Waals surface area contributed by atoms with E-state index in [9.17, 15) is 9.59 Å². The summed E-state index contributed by atoms with van der Waals surface area (Å²) in [6, 6.07) is 7.27. The topological polar surface area (TPSA) is 69.3 Å². The van der Waals surface area contributed by atoms with E-state index in [1.54, 1.807) is 7.05 Å². The summed E-state index contributed by atoms with van der Waals surface area (Å²) in [6.07, 6.45) is 0.484. The molecule has 94 valence electrons. The monoisotopic (exact) mass is 246 g/mol. The van der Waals surface area contributed by atoms with Crippen LogP contribution in [-0.4, -0.2) is 46.3 Å². The predicted octanol–water partition coefficient (Wildman–Crippen LogP) is 1.20. The lowest BCUT2D eigenvalue weighted by Crippen LogP contribution is -2.37. The van der Waals surface area contributed by atoms with Crippen molar-refractivity contribution in [1.29, 1.82) is 0 Å². The summed E-state index contributed by atoms with van der Waals surface area (Å²) in [5.74, 6) is 0.686. The van der Waals surface area contributed by atoms with Crippen LogP contribution in [0.4, 0.5) is 4.79 Å². The molecule has 18 heavy (non-hydrogen) atoms. The number of imidazole rings is 1. The van der Waals surface area contributed by atoms with Gasteiger partial charge in [-0.25, -0.2) is 9.78 Å². The first-order valence-electron chi connectivity index (χ1n) is 5.48. The molecule has 0 spiro atoms. The molecule has 6 nitrogen and oxygen atoms in total. The molecule has 0 bridgehead atoms. The number of nitrogens with zero attached hydrogens (tertiary/aromatic N) is 3. The van der Waals surface area contributed by atoms with Gasteiger partial charge in [-0.3, -0.25) is 9.69 Å². The third-order valence-electron chi connectivity index (χ3n) is 2.61. The number of nitrogens with one attached hydrogen (secondary N) is 1. The maximum atomic E-state index is 11.7. The average molecular weight is 246 g/mol. The summed E-state index contributed by atoms with van der Waals surface area (Å²) in [4.78, 5) is 32.1. The highest BCUT2D eigenvalue weighted by Crippen LogP contribution is 2.11. The molecule has 1 heterocycles. The molecule has 0 aliphatic rings. The third kappa shape index (κ3) is 2.32. The number of rotatable bonds is 3. The van der Waals surface area contributed by atoms with Gasteiger partial charge >= 0.3 is 6.03 Å². The molecule has 0 saturated carbocycles. The first-order valence-corrected chi connectivity index (χ1v) is 5.48. The van der Waals surface area contributed by atoms with Crippen LogP contribution >= 0.6 is 0 Å². The number of para-hydroxylation sites is 2. The zero-order chi connectivity index (χ0) is 13.1. The average Bonchev–Trinajstić information content (AvgIpc) is 2.78. The molecule has 0 unspecified atom stereocenters. The molecule has 0 aliphatic carbocycles. The SMILES string of the molecule is CN(C=O)C(=O)N(C)Cc1nc2ccccc2[nH]1.